The van der Waals surface area contributed by atoms with Crippen molar-refractivity contribution in [1.29, 1.82) is 0 Å². The third-order valence-electron chi connectivity index (χ3n) is 6.08. The summed E-state index contributed by atoms with van der Waals surface area (Å²) in [5.74, 6) is 0. The second-order valence-electron chi connectivity index (χ2n) is 9.16. The van der Waals surface area contributed by atoms with E-state index in [4.69, 9.17) is 17.0 Å². The molecule has 0 aliphatic carbocycles. The first kappa shape index (κ1) is 34.4. The van der Waals surface area contributed by atoms with Crippen LogP contribution >= 0.6 is 0 Å². The second-order valence-corrected chi connectivity index (χ2v) is 31.1. The predicted molar refractivity (Wildman–Crippen MR) is 145 cm³/mol. The third kappa shape index (κ3) is 14.7. The summed E-state index contributed by atoms with van der Waals surface area (Å²) in [7, 11) is 0. The van der Waals surface area contributed by atoms with Crippen LogP contribution in [-0.2, 0) is 17.0 Å². The number of hydrogen-bond acceptors (Lipinski definition) is 5. The van der Waals surface area contributed by atoms with E-state index in [2.05, 4.69) is 55.4 Å². The van der Waals surface area contributed by atoms with Gasteiger partial charge in [-0.3, -0.25) is 0 Å². The van der Waals surface area contributed by atoms with Gasteiger partial charge in [-0.1, -0.05) is 0 Å². The van der Waals surface area contributed by atoms with E-state index < -0.39 is 38.4 Å². The van der Waals surface area contributed by atoms with E-state index in [1.165, 1.54) is 51.4 Å². The molecule has 0 fully saturated rings. The average molecular weight is 688 g/mol. The molecule has 0 amide bonds. The molecule has 0 spiro atoms. The van der Waals surface area contributed by atoms with Crippen LogP contribution in [-0.4, -0.2) is 64.2 Å². The number of rotatable bonds is 24. The Bertz CT molecular complexity index is 385. The van der Waals surface area contributed by atoms with Crippen molar-refractivity contribution in [2.24, 2.45) is 0 Å². The molecule has 0 aromatic carbocycles. The molecule has 0 radical (unpaired) electrons. The van der Waals surface area contributed by atoms with Gasteiger partial charge in [0.25, 0.3) is 0 Å². The molecule has 0 heterocycles. The monoisotopic (exact) mass is 690 g/mol. The van der Waals surface area contributed by atoms with E-state index in [0.717, 1.165) is 30.6 Å². The Morgan fingerprint density at radius 1 is 0.485 bits per heavy atom. The van der Waals surface area contributed by atoms with Crippen LogP contribution in [0, 0.1) is 0 Å². The Hall–Kier alpha value is 1.40. The summed E-state index contributed by atoms with van der Waals surface area (Å²) in [6.07, 6.45) is 10.9. The van der Waals surface area contributed by atoms with Gasteiger partial charge in [0.2, 0.25) is 0 Å². The molecule has 0 aliphatic heterocycles. The zero-order valence-corrected chi connectivity index (χ0v) is 29.2. The minimum atomic E-state index is -3.48. The predicted octanol–water partition coefficient (Wildman–Crippen LogP) is 8.67. The van der Waals surface area contributed by atoms with Crippen molar-refractivity contribution in [3.05, 3.63) is 0 Å². The van der Waals surface area contributed by atoms with E-state index in [9.17, 15) is 0 Å². The van der Waals surface area contributed by atoms with Gasteiger partial charge in [0.15, 0.2) is 0 Å². The molecule has 0 aromatic heterocycles. The van der Waals surface area contributed by atoms with Crippen molar-refractivity contribution < 1.29 is 17.0 Å². The van der Waals surface area contributed by atoms with E-state index >= 15 is 0 Å². The molecule has 0 bridgehead atoms. The van der Waals surface area contributed by atoms with Crippen LogP contribution in [0.15, 0.2) is 0 Å². The first-order valence-corrected chi connectivity index (χ1v) is 27.0. The van der Waals surface area contributed by atoms with Crippen molar-refractivity contribution >= 4 is 38.4 Å². The molecule has 200 valence electrons. The molecule has 5 nitrogen and oxygen atoms in total. The molecule has 0 saturated heterocycles. The Labute approximate surface area is 217 Å². The quantitative estimate of drug-likeness (QED) is 0.0751. The van der Waals surface area contributed by atoms with Crippen LogP contribution in [0.2, 0.25) is 17.7 Å². The Kier molecular flexibility index (Phi) is 22.4. The van der Waals surface area contributed by atoms with Gasteiger partial charge in [-0.05, 0) is 0 Å². The average Bonchev–Trinajstić information content (AvgIpc) is 2.83. The van der Waals surface area contributed by atoms with Crippen LogP contribution in [0.1, 0.15) is 120 Å². The summed E-state index contributed by atoms with van der Waals surface area (Å²) >= 11 is -6.95. The molecule has 2 unspecified atom stereocenters. The second kappa shape index (κ2) is 21.5. The number of hydrogen-bond donors (Lipinski definition) is 0. The molecule has 0 aromatic rings. The fraction of sp³-hybridized carbons (Fsp3) is 1.00. The van der Waals surface area contributed by atoms with Gasteiger partial charge in [0.05, 0.1) is 0 Å². The van der Waals surface area contributed by atoms with Crippen LogP contribution in [0.5, 0.6) is 0 Å². The maximum absolute atomic E-state index is 7.61. The molecule has 0 rings (SSSR count). The third-order valence-corrected chi connectivity index (χ3v) is 39.1. The normalized spacial score (nSPS) is 14.5. The van der Waals surface area contributed by atoms with Gasteiger partial charge in [0.1, 0.15) is 0 Å². The minimum absolute atomic E-state index is 0.144. The Morgan fingerprint density at radius 3 is 1.00 bits per heavy atom. The molecule has 2 atom stereocenters. The van der Waals surface area contributed by atoms with Gasteiger partial charge in [-0.15, -0.1) is 0 Å². The summed E-state index contributed by atoms with van der Waals surface area (Å²) in [5.41, 5.74) is 0. The zero-order valence-electron chi connectivity index (χ0n) is 23.5. The van der Waals surface area contributed by atoms with Crippen molar-refractivity contribution in [2.45, 2.75) is 150 Å². The molecule has 33 heavy (non-hydrogen) atoms. The Balaban J connectivity index is 6.29. The fourth-order valence-electron chi connectivity index (χ4n) is 4.18. The van der Waals surface area contributed by atoms with Gasteiger partial charge >= 0.3 is 219 Å². The maximum atomic E-state index is 7.61. The summed E-state index contributed by atoms with van der Waals surface area (Å²) < 4.78 is 38.2. The van der Waals surface area contributed by atoms with Gasteiger partial charge in [0, 0.05) is 0 Å². The van der Waals surface area contributed by atoms with Crippen LogP contribution in [0.25, 0.3) is 0 Å². The first-order valence-electron chi connectivity index (χ1n) is 14.2. The van der Waals surface area contributed by atoms with Crippen molar-refractivity contribution in [2.75, 3.05) is 13.2 Å². The van der Waals surface area contributed by atoms with Crippen molar-refractivity contribution in [3.8, 4) is 0 Å². The molecular weight excluding hydrogens is 630 g/mol. The summed E-state index contributed by atoms with van der Waals surface area (Å²) in [6, 6.07) is 0. The summed E-state index contributed by atoms with van der Waals surface area (Å²) in [4.78, 5) is 0. The molecule has 0 N–H and O–H groups in total. The summed E-state index contributed by atoms with van der Waals surface area (Å²) in [5, 5.41) is 0. The number of ether oxygens (including phenoxy) is 2. The first-order chi connectivity index (χ1) is 15.9. The molecule has 0 aliphatic rings. The van der Waals surface area contributed by atoms with Crippen molar-refractivity contribution in [3.63, 3.8) is 0 Å². The zero-order chi connectivity index (χ0) is 25.0. The topological polar surface area (TPSA) is 46.2 Å². The molecule has 7 heteroatoms. The van der Waals surface area contributed by atoms with E-state index in [-0.39, 0.29) is 12.6 Å². The van der Waals surface area contributed by atoms with E-state index in [1.807, 2.05) is 0 Å². The standard InChI is InChI=1S/2C5H11O2.4C4H9.O.2Sn/c2*1-3-5(6)7-4-2;4*1-3-4-2;;;/h2*5H,3-4H2,1-2H3;4*1,3-4H2,2H3;;;/q2*-1;;;;;;2*+1. The Morgan fingerprint density at radius 2 is 0.788 bits per heavy atom. The van der Waals surface area contributed by atoms with Gasteiger partial charge in [-0.25, -0.2) is 0 Å². The van der Waals surface area contributed by atoms with E-state index in [1.54, 1.807) is 0 Å². The van der Waals surface area contributed by atoms with Crippen molar-refractivity contribution in [1.82, 2.24) is 0 Å². The van der Waals surface area contributed by atoms with Gasteiger partial charge in [-0.2, -0.15) is 0 Å². The van der Waals surface area contributed by atoms with Crippen LogP contribution < -0.4 is 0 Å². The van der Waals surface area contributed by atoms with E-state index in [0.29, 0.717) is 13.2 Å². The van der Waals surface area contributed by atoms with Gasteiger partial charge < -0.3 is 0 Å². The fourth-order valence-corrected chi connectivity index (χ4v) is 47.2. The molecule has 0 saturated carbocycles. The summed E-state index contributed by atoms with van der Waals surface area (Å²) in [6.45, 7) is 18.9. The molecular formula is C26H58O5Sn2. The van der Waals surface area contributed by atoms with Crippen LogP contribution in [0.3, 0.4) is 0 Å². The van der Waals surface area contributed by atoms with Crippen LogP contribution in [0.4, 0.5) is 0 Å². The SMILES string of the molecule is CCC[CH2][Sn]([CH2]CCC)([O]C(CC)OCC)[O][Sn]([CH2]CCC)([CH2]CCC)[O]C(CC)OCC. The number of unbranched alkanes of at least 4 members (excludes halogenated alkanes) is 4.